The highest BCUT2D eigenvalue weighted by Crippen LogP contribution is 2.17. The number of amides is 2. The largest absolute Gasteiger partial charge is 0.350 e. The Balaban J connectivity index is 1.82. The van der Waals surface area contributed by atoms with Crippen molar-refractivity contribution in [3.8, 4) is 0 Å². The van der Waals surface area contributed by atoms with Crippen molar-refractivity contribution < 1.29 is 14.5 Å². The summed E-state index contributed by atoms with van der Waals surface area (Å²) in [7, 11) is 1.87. The van der Waals surface area contributed by atoms with E-state index in [1.807, 2.05) is 63.4 Å². The monoisotopic (exact) mass is 382 g/mol. The summed E-state index contributed by atoms with van der Waals surface area (Å²) in [6, 6.07) is 17.6. The minimum absolute atomic E-state index is 0.0324. The van der Waals surface area contributed by atoms with Crippen molar-refractivity contribution in [2.24, 2.45) is 0 Å². The summed E-state index contributed by atoms with van der Waals surface area (Å²) in [6.45, 7) is 6.82. The molecule has 0 fully saturated rings. The van der Waals surface area contributed by atoms with Crippen LogP contribution in [0.1, 0.15) is 37.3 Å². The maximum absolute atomic E-state index is 12.5. The Morgan fingerprint density at radius 1 is 1.04 bits per heavy atom. The first-order chi connectivity index (χ1) is 13.4. The lowest BCUT2D eigenvalue weighted by Gasteiger charge is -2.22. The molecule has 3 N–H and O–H groups in total. The maximum atomic E-state index is 12.5. The second-order valence-electron chi connectivity index (χ2n) is 7.42. The predicted octanol–water partition coefficient (Wildman–Crippen LogP) is 2.15. The molecule has 2 aromatic rings. The number of likely N-dealkylation sites (N-methyl/N-ethyl adjacent to an activating group) is 1. The van der Waals surface area contributed by atoms with E-state index in [2.05, 4.69) is 29.7 Å². The first-order valence-electron chi connectivity index (χ1n) is 9.92. The molecule has 0 aliphatic rings. The van der Waals surface area contributed by atoms with Gasteiger partial charge in [-0.1, -0.05) is 55.0 Å². The number of carbonyl (C=O) groups is 2. The van der Waals surface area contributed by atoms with E-state index in [9.17, 15) is 9.59 Å². The zero-order chi connectivity index (χ0) is 20.5. The van der Waals surface area contributed by atoms with Crippen molar-refractivity contribution in [1.29, 1.82) is 0 Å². The van der Waals surface area contributed by atoms with Gasteiger partial charge in [-0.2, -0.15) is 0 Å². The number of aryl methyl sites for hydroxylation is 1. The zero-order valence-corrected chi connectivity index (χ0v) is 17.3. The summed E-state index contributed by atoms with van der Waals surface area (Å²) < 4.78 is 0. The quantitative estimate of drug-likeness (QED) is 0.622. The van der Waals surface area contributed by atoms with Gasteiger partial charge in [-0.15, -0.1) is 0 Å². The number of hydrogen-bond donors (Lipinski definition) is 3. The van der Waals surface area contributed by atoms with Gasteiger partial charge >= 0.3 is 0 Å². The van der Waals surface area contributed by atoms with E-state index in [-0.39, 0.29) is 24.4 Å². The molecule has 0 heterocycles. The van der Waals surface area contributed by atoms with Crippen LogP contribution in [-0.4, -0.2) is 38.0 Å². The molecule has 2 aromatic carbocycles. The average molecular weight is 383 g/mol. The fourth-order valence-corrected chi connectivity index (χ4v) is 3.07. The number of benzene rings is 2. The third-order valence-electron chi connectivity index (χ3n) is 5.19. The highest BCUT2D eigenvalue weighted by molar-refractivity contribution is 5.91. The molecule has 0 saturated heterocycles. The average Bonchev–Trinajstić information content (AvgIpc) is 2.70. The van der Waals surface area contributed by atoms with Crippen molar-refractivity contribution >= 4 is 17.5 Å². The van der Waals surface area contributed by atoms with Crippen molar-refractivity contribution in [2.75, 3.05) is 25.5 Å². The SMILES string of the molecule is CC[C@H](CNC(=O)[C@H](C)[NH+](C)CC(=O)Nc1ccc(C)cc1)c1ccccc1. The summed E-state index contributed by atoms with van der Waals surface area (Å²) >= 11 is 0. The molecule has 5 heteroatoms. The van der Waals surface area contributed by atoms with Gasteiger partial charge < -0.3 is 15.5 Å². The lowest BCUT2D eigenvalue weighted by molar-refractivity contribution is -0.885. The van der Waals surface area contributed by atoms with Gasteiger partial charge in [-0.05, 0) is 38.0 Å². The molecule has 0 bridgehead atoms. The van der Waals surface area contributed by atoms with Crippen LogP contribution >= 0.6 is 0 Å². The van der Waals surface area contributed by atoms with Crippen molar-refractivity contribution in [3.05, 3.63) is 65.7 Å². The summed E-state index contributed by atoms with van der Waals surface area (Å²) in [4.78, 5) is 25.7. The minimum atomic E-state index is -0.308. The minimum Gasteiger partial charge on any atom is -0.350 e. The van der Waals surface area contributed by atoms with Crippen molar-refractivity contribution in [3.63, 3.8) is 0 Å². The van der Waals surface area contributed by atoms with Crippen LogP contribution in [0.5, 0.6) is 0 Å². The zero-order valence-electron chi connectivity index (χ0n) is 17.3. The molecule has 5 nitrogen and oxygen atoms in total. The molecule has 1 unspecified atom stereocenters. The van der Waals surface area contributed by atoms with Gasteiger partial charge in [0, 0.05) is 18.2 Å². The first kappa shape index (κ1) is 21.6. The van der Waals surface area contributed by atoms with Gasteiger partial charge in [0.15, 0.2) is 12.6 Å². The van der Waals surface area contributed by atoms with Crippen LogP contribution in [0.25, 0.3) is 0 Å². The van der Waals surface area contributed by atoms with Crippen LogP contribution in [0.15, 0.2) is 54.6 Å². The van der Waals surface area contributed by atoms with Crippen LogP contribution in [0.3, 0.4) is 0 Å². The van der Waals surface area contributed by atoms with Crippen molar-refractivity contribution in [1.82, 2.24) is 5.32 Å². The van der Waals surface area contributed by atoms with E-state index in [1.54, 1.807) is 0 Å². The number of carbonyl (C=O) groups excluding carboxylic acids is 2. The highest BCUT2D eigenvalue weighted by Gasteiger charge is 2.24. The standard InChI is InChI=1S/C23H31N3O2/c1-5-19(20-9-7-6-8-10-20)15-24-23(28)18(3)26(4)16-22(27)25-21-13-11-17(2)12-14-21/h6-14,18-19H,5,15-16H2,1-4H3,(H,24,28)(H,25,27)/p+1/t18-,19+/m0/s1. The van der Waals surface area contributed by atoms with E-state index in [0.29, 0.717) is 12.5 Å². The number of quaternary nitrogens is 1. The molecule has 150 valence electrons. The second-order valence-corrected chi connectivity index (χ2v) is 7.42. The van der Waals surface area contributed by atoms with E-state index in [1.165, 1.54) is 5.56 Å². The van der Waals surface area contributed by atoms with Gasteiger partial charge in [0.05, 0.1) is 7.05 Å². The van der Waals surface area contributed by atoms with E-state index in [0.717, 1.165) is 22.6 Å². The van der Waals surface area contributed by atoms with E-state index in [4.69, 9.17) is 0 Å². The van der Waals surface area contributed by atoms with Gasteiger partial charge in [0.1, 0.15) is 0 Å². The Morgan fingerprint density at radius 3 is 2.29 bits per heavy atom. The fraction of sp³-hybridized carbons (Fsp3) is 0.391. The molecule has 0 aliphatic carbocycles. The van der Waals surface area contributed by atoms with Gasteiger partial charge in [-0.25, -0.2) is 0 Å². The lowest BCUT2D eigenvalue weighted by atomic mass is 9.96. The first-order valence-corrected chi connectivity index (χ1v) is 9.92. The molecule has 3 atom stereocenters. The van der Waals surface area contributed by atoms with Gasteiger partial charge in [0.2, 0.25) is 0 Å². The third kappa shape index (κ3) is 6.50. The molecule has 0 aliphatic heterocycles. The van der Waals surface area contributed by atoms with Gasteiger partial charge in [-0.3, -0.25) is 9.59 Å². The second kappa shape index (κ2) is 10.6. The predicted molar refractivity (Wildman–Crippen MR) is 114 cm³/mol. The molecular formula is C23H32N3O2+. The molecule has 28 heavy (non-hydrogen) atoms. The number of anilines is 1. The lowest BCUT2D eigenvalue weighted by Crippen LogP contribution is -3.15. The van der Waals surface area contributed by atoms with Crippen LogP contribution in [-0.2, 0) is 9.59 Å². The van der Waals surface area contributed by atoms with Crippen LogP contribution in [0.2, 0.25) is 0 Å². The Labute approximate surface area is 168 Å². The topological polar surface area (TPSA) is 62.6 Å². The molecule has 0 saturated carbocycles. The number of hydrogen-bond acceptors (Lipinski definition) is 2. The molecular weight excluding hydrogens is 350 g/mol. The summed E-state index contributed by atoms with van der Waals surface area (Å²) in [5, 5.41) is 5.93. The maximum Gasteiger partial charge on any atom is 0.279 e. The Bertz CT molecular complexity index is 759. The van der Waals surface area contributed by atoms with Crippen LogP contribution in [0.4, 0.5) is 5.69 Å². The Morgan fingerprint density at radius 2 is 1.68 bits per heavy atom. The Hall–Kier alpha value is -2.66. The molecule has 2 rings (SSSR count). The molecule has 2 amide bonds. The Kier molecular flexibility index (Phi) is 8.20. The number of nitrogens with one attached hydrogen (secondary N) is 3. The highest BCUT2D eigenvalue weighted by atomic mass is 16.2. The van der Waals surface area contributed by atoms with Crippen LogP contribution in [0, 0.1) is 6.92 Å². The van der Waals surface area contributed by atoms with E-state index < -0.39 is 0 Å². The summed E-state index contributed by atoms with van der Waals surface area (Å²) in [5.74, 6) is 0.161. The van der Waals surface area contributed by atoms with Crippen LogP contribution < -0.4 is 15.5 Å². The normalized spacial score (nSPS) is 14.0. The summed E-state index contributed by atoms with van der Waals surface area (Å²) in [5.41, 5.74) is 3.15. The smallest absolute Gasteiger partial charge is 0.279 e. The number of rotatable bonds is 9. The molecule has 0 spiro atoms. The van der Waals surface area contributed by atoms with E-state index >= 15 is 0 Å². The fourth-order valence-electron chi connectivity index (χ4n) is 3.07. The van der Waals surface area contributed by atoms with Gasteiger partial charge in [0.25, 0.3) is 11.8 Å². The molecule has 0 aromatic heterocycles. The van der Waals surface area contributed by atoms with Crippen molar-refractivity contribution in [2.45, 2.75) is 39.2 Å². The summed E-state index contributed by atoms with van der Waals surface area (Å²) in [6.07, 6.45) is 0.959. The molecule has 0 radical (unpaired) electrons. The third-order valence-corrected chi connectivity index (χ3v) is 5.19.